The summed E-state index contributed by atoms with van der Waals surface area (Å²) < 4.78 is 22.8. The summed E-state index contributed by atoms with van der Waals surface area (Å²) in [5.41, 5.74) is 0. The molecule has 5 nitrogen and oxygen atoms in total. The first kappa shape index (κ1) is 14.4. The lowest BCUT2D eigenvalue weighted by Gasteiger charge is -2.36. The average Bonchev–Trinajstić information content (AvgIpc) is 2.27. The van der Waals surface area contributed by atoms with Gasteiger partial charge in [0, 0.05) is 25.4 Å². The lowest BCUT2D eigenvalue weighted by atomic mass is 9.99. The zero-order chi connectivity index (χ0) is 13.1. The molecule has 0 bridgehead atoms. The van der Waals surface area contributed by atoms with Crippen LogP contribution >= 0.6 is 0 Å². The van der Waals surface area contributed by atoms with Gasteiger partial charge in [0.05, 0.1) is 0 Å². The number of amides is 1. The summed E-state index contributed by atoms with van der Waals surface area (Å²) in [5.74, 6) is -0.328. The molecule has 1 saturated heterocycles. The number of carbonyl (C=O) groups excluding carboxylic acids is 1. The van der Waals surface area contributed by atoms with E-state index in [1.165, 1.54) is 6.92 Å². The van der Waals surface area contributed by atoms with E-state index < -0.39 is 15.1 Å². The Morgan fingerprint density at radius 3 is 2.65 bits per heavy atom. The molecule has 2 unspecified atom stereocenters. The van der Waals surface area contributed by atoms with Crippen LogP contribution in [-0.4, -0.2) is 55.0 Å². The van der Waals surface area contributed by atoms with Crippen molar-refractivity contribution in [2.45, 2.75) is 43.9 Å². The van der Waals surface area contributed by atoms with Gasteiger partial charge in [-0.2, -0.15) is 0 Å². The molecule has 100 valence electrons. The number of carbonyl (C=O) groups is 1. The monoisotopic (exact) mass is 263 g/mol. The molecule has 17 heavy (non-hydrogen) atoms. The van der Waals surface area contributed by atoms with E-state index in [9.17, 15) is 13.2 Å². The van der Waals surface area contributed by atoms with E-state index in [2.05, 4.69) is 0 Å². The van der Waals surface area contributed by atoms with Crippen LogP contribution in [0.3, 0.4) is 0 Å². The molecular weight excluding hydrogens is 242 g/mol. The van der Waals surface area contributed by atoms with E-state index in [1.54, 1.807) is 4.90 Å². The molecule has 0 aromatic heterocycles. The molecule has 1 amide bonds. The second-order valence-corrected chi connectivity index (χ2v) is 7.03. The Hall–Kier alpha value is -0.620. The number of hydrogen-bond donors (Lipinski definition) is 1. The largest absolute Gasteiger partial charge is 0.396 e. The van der Waals surface area contributed by atoms with Crippen molar-refractivity contribution in [3.63, 3.8) is 0 Å². The first-order valence-electron chi connectivity index (χ1n) is 5.98. The van der Waals surface area contributed by atoms with Gasteiger partial charge in [-0.05, 0) is 32.6 Å². The molecule has 0 spiro atoms. The minimum absolute atomic E-state index is 0.00884. The summed E-state index contributed by atoms with van der Waals surface area (Å²) in [6.45, 7) is 2.06. The van der Waals surface area contributed by atoms with Gasteiger partial charge in [0.25, 0.3) is 0 Å². The van der Waals surface area contributed by atoms with Crippen molar-refractivity contribution in [3.05, 3.63) is 0 Å². The molecule has 6 heteroatoms. The Morgan fingerprint density at radius 2 is 2.12 bits per heavy atom. The highest BCUT2D eigenvalue weighted by molar-refractivity contribution is 7.92. The quantitative estimate of drug-likeness (QED) is 0.785. The average molecular weight is 263 g/mol. The van der Waals surface area contributed by atoms with Crippen molar-refractivity contribution in [1.82, 2.24) is 4.90 Å². The maximum absolute atomic E-state index is 12.1. The van der Waals surface area contributed by atoms with Crippen LogP contribution in [0.4, 0.5) is 0 Å². The third-order valence-electron chi connectivity index (χ3n) is 3.36. The second kappa shape index (κ2) is 5.82. The highest BCUT2D eigenvalue weighted by Crippen LogP contribution is 2.21. The highest BCUT2D eigenvalue weighted by Gasteiger charge is 2.33. The Kier molecular flexibility index (Phi) is 4.94. The van der Waals surface area contributed by atoms with Gasteiger partial charge >= 0.3 is 0 Å². The topological polar surface area (TPSA) is 74.7 Å². The minimum Gasteiger partial charge on any atom is -0.396 e. The summed E-state index contributed by atoms with van der Waals surface area (Å²) in [6.07, 6.45) is 4.40. The van der Waals surface area contributed by atoms with Crippen molar-refractivity contribution in [1.29, 1.82) is 0 Å². The number of rotatable bonds is 4. The summed E-state index contributed by atoms with van der Waals surface area (Å²) in [5, 5.41) is 7.98. The minimum atomic E-state index is -3.34. The SMILES string of the molecule is CC(C(=O)N1CCCCC1CCO)S(C)(=O)=O. The standard InChI is InChI=1S/C11H21NO4S/c1-9(17(2,15)16)11(14)12-7-4-3-5-10(12)6-8-13/h9-10,13H,3-8H2,1-2H3. The van der Waals surface area contributed by atoms with Crippen LogP contribution in [-0.2, 0) is 14.6 Å². The number of aliphatic hydroxyl groups is 1. The fourth-order valence-electron chi connectivity index (χ4n) is 2.16. The molecule has 2 atom stereocenters. The van der Waals surface area contributed by atoms with Crippen molar-refractivity contribution in [3.8, 4) is 0 Å². The molecule has 1 aliphatic rings. The van der Waals surface area contributed by atoms with Crippen LogP contribution in [0.2, 0.25) is 0 Å². The lowest BCUT2D eigenvalue weighted by Crippen LogP contribution is -2.49. The number of aliphatic hydroxyl groups excluding tert-OH is 1. The Bertz CT molecular complexity index is 364. The van der Waals surface area contributed by atoms with Gasteiger partial charge < -0.3 is 10.0 Å². The Balaban J connectivity index is 2.78. The van der Waals surface area contributed by atoms with E-state index >= 15 is 0 Å². The highest BCUT2D eigenvalue weighted by atomic mass is 32.2. The lowest BCUT2D eigenvalue weighted by molar-refractivity contribution is -0.134. The fourth-order valence-corrected chi connectivity index (χ4v) is 2.66. The number of sulfone groups is 1. The van der Waals surface area contributed by atoms with Gasteiger partial charge in [0.1, 0.15) is 5.25 Å². The summed E-state index contributed by atoms with van der Waals surface area (Å²) in [7, 11) is -3.34. The molecule has 0 aromatic carbocycles. The van der Waals surface area contributed by atoms with Gasteiger partial charge in [-0.25, -0.2) is 8.42 Å². The predicted octanol–water partition coefficient (Wildman–Crippen LogP) is 0.183. The van der Waals surface area contributed by atoms with Crippen LogP contribution in [0.15, 0.2) is 0 Å². The van der Waals surface area contributed by atoms with Crippen molar-refractivity contribution in [2.75, 3.05) is 19.4 Å². The van der Waals surface area contributed by atoms with Crippen LogP contribution in [0.5, 0.6) is 0 Å². The molecular formula is C11H21NO4S. The van der Waals surface area contributed by atoms with Crippen LogP contribution in [0.1, 0.15) is 32.6 Å². The first-order chi connectivity index (χ1) is 7.88. The molecule has 1 fully saturated rings. The first-order valence-corrected chi connectivity index (χ1v) is 7.93. The third kappa shape index (κ3) is 3.67. The van der Waals surface area contributed by atoms with Crippen LogP contribution < -0.4 is 0 Å². The molecule has 1 rings (SSSR count). The number of piperidine rings is 1. The number of likely N-dealkylation sites (tertiary alicyclic amines) is 1. The Labute approximate surface area is 103 Å². The van der Waals surface area contributed by atoms with E-state index in [-0.39, 0.29) is 18.6 Å². The predicted molar refractivity (Wildman–Crippen MR) is 65.4 cm³/mol. The van der Waals surface area contributed by atoms with Gasteiger partial charge in [-0.1, -0.05) is 0 Å². The molecule has 1 heterocycles. The van der Waals surface area contributed by atoms with Gasteiger partial charge in [-0.15, -0.1) is 0 Å². The summed E-state index contributed by atoms with van der Waals surface area (Å²) >= 11 is 0. The third-order valence-corrected chi connectivity index (χ3v) is 4.85. The van der Waals surface area contributed by atoms with Gasteiger partial charge in [-0.3, -0.25) is 4.79 Å². The van der Waals surface area contributed by atoms with Crippen molar-refractivity contribution in [2.24, 2.45) is 0 Å². The number of nitrogens with zero attached hydrogens (tertiary/aromatic N) is 1. The summed E-state index contributed by atoms with van der Waals surface area (Å²) in [4.78, 5) is 13.7. The van der Waals surface area contributed by atoms with E-state index in [0.717, 1.165) is 25.5 Å². The fraction of sp³-hybridized carbons (Fsp3) is 0.909. The van der Waals surface area contributed by atoms with Crippen LogP contribution in [0.25, 0.3) is 0 Å². The van der Waals surface area contributed by atoms with E-state index in [1.807, 2.05) is 0 Å². The Morgan fingerprint density at radius 1 is 1.47 bits per heavy atom. The van der Waals surface area contributed by atoms with Gasteiger partial charge in [0.2, 0.25) is 5.91 Å². The summed E-state index contributed by atoms with van der Waals surface area (Å²) in [6, 6.07) is -0.00884. The van der Waals surface area contributed by atoms with Crippen molar-refractivity contribution < 1.29 is 18.3 Å². The maximum Gasteiger partial charge on any atom is 0.240 e. The zero-order valence-electron chi connectivity index (χ0n) is 10.4. The normalized spacial score (nSPS) is 23.5. The molecule has 0 saturated carbocycles. The second-order valence-electron chi connectivity index (χ2n) is 4.67. The molecule has 0 aliphatic carbocycles. The van der Waals surface area contributed by atoms with Crippen molar-refractivity contribution >= 4 is 15.7 Å². The molecule has 0 aromatic rings. The molecule has 1 N–H and O–H groups in total. The molecule has 0 radical (unpaired) electrons. The van der Waals surface area contributed by atoms with E-state index in [0.29, 0.717) is 13.0 Å². The zero-order valence-corrected chi connectivity index (χ0v) is 11.2. The smallest absolute Gasteiger partial charge is 0.240 e. The maximum atomic E-state index is 12.1. The van der Waals surface area contributed by atoms with Gasteiger partial charge in [0.15, 0.2) is 9.84 Å². The van der Waals surface area contributed by atoms with E-state index in [4.69, 9.17) is 5.11 Å². The number of hydrogen-bond acceptors (Lipinski definition) is 4. The molecule has 1 aliphatic heterocycles. The van der Waals surface area contributed by atoms with Crippen LogP contribution in [0, 0.1) is 0 Å².